The van der Waals surface area contributed by atoms with Crippen molar-refractivity contribution in [3.05, 3.63) is 63.7 Å². The van der Waals surface area contributed by atoms with E-state index >= 15 is 0 Å². The second-order valence-electron chi connectivity index (χ2n) is 10.3. The second kappa shape index (κ2) is 13.6. The summed E-state index contributed by atoms with van der Waals surface area (Å²) in [5.74, 6) is 0.493. The van der Waals surface area contributed by atoms with Gasteiger partial charge in [-0.1, -0.05) is 29.8 Å². The molecule has 2 fully saturated rings. The summed E-state index contributed by atoms with van der Waals surface area (Å²) in [6, 6.07) is 13.6. The van der Waals surface area contributed by atoms with E-state index in [-0.39, 0.29) is 29.5 Å². The van der Waals surface area contributed by atoms with Crippen LogP contribution in [-0.2, 0) is 16.1 Å². The molecule has 206 valence electrons. The number of ether oxygens (including phenoxy) is 2. The van der Waals surface area contributed by atoms with Gasteiger partial charge < -0.3 is 24.6 Å². The lowest BCUT2D eigenvalue weighted by Crippen LogP contribution is -2.44. The average Bonchev–Trinajstić information content (AvgIpc) is 2.92. The molecule has 0 aromatic heterocycles. The molecule has 2 aliphatic heterocycles. The molecule has 9 nitrogen and oxygen atoms in total. The largest absolute Gasteiger partial charge is 0.487 e. The first-order valence-electron chi connectivity index (χ1n) is 13.8. The van der Waals surface area contributed by atoms with E-state index < -0.39 is 4.92 Å². The number of carbonyl (C=O) groups excluding carboxylic acids is 1. The molecule has 0 bridgehead atoms. The molecule has 0 saturated carbocycles. The molecular formula is C29H40N4O5. The van der Waals surface area contributed by atoms with Crippen molar-refractivity contribution in [2.24, 2.45) is 0 Å². The van der Waals surface area contributed by atoms with Gasteiger partial charge in [0.15, 0.2) is 5.75 Å². The van der Waals surface area contributed by atoms with E-state index in [4.69, 9.17) is 9.47 Å². The highest BCUT2D eigenvalue weighted by atomic mass is 16.6. The summed E-state index contributed by atoms with van der Waals surface area (Å²) < 4.78 is 11.6. The number of anilines is 1. The van der Waals surface area contributed by atoms with E-state index in [1.165, 1.54) is 17.2 Å². The van der Waals surface area contributed by atoms with Gasteiger partial charge in [0.1, 0.15) is 0 Å². The molecule has 9 heteroatoms. The predicted molar refractivity (Wildman–Crippen MR) is 148 cm³/mol. The Morgan fingerprint density at radius 3 is 2.42 bits per heavy atom. The van der Waals surface area contributed by atoms with Crippen LogP contribution in [0.3, 0.4) is 0 Å². The third-order valence-corrected chi connectivity index (χ3v) is 7.46. The SMILES string of the molecule is CCOc1cc(NC2CCN(C(=O)CCN3CCC(OCc4ccc(C)cc4)CC3)CC2)ccc1[N+](=O)[O-]. The normalized spacial score (nSPS) is 17.4. The lowest BCUT2D eigenvalue weighted by Gasteiger charge is -2.34. The van der Waals surface area contributed by atoms with Crippen molar-refractivity contribution in [3.63, 3.8) is 0 Å². The van der Waals surface area contributed by atoms with Crippen LogP contribution in [0.1, 0.15) is 50.2 Å². The molecule has 2 saturated heterocycles. The van der Waals surface area contributed by atoms with E-state index in [0.717, 1.165) is 64.1 Å². The van der Waals surface area contributed by atoms with Gasteiger partial charge in [-0.05, 0) is 51.2 Å². The molecule has 0 aliphatic carbocycles. The first-order valence-corrected chi connectivity index (χ1v) is 13.8. The average molecular weight is 525 g/mol. The molecule has 0 spiro atoms. The molecule has 1 N–H and O–H groups in total. The van der Waals surface area contributed by atoms with Crippen LogP contribution in [0.25, 0.3) is 0 Å². The Morgan fingerprint density at radius 2 is 1.76 bits per heavy atom. The van der Waals surface area contributed by atoms with E-state index in [1.807, 2.05) is 4.90 Å². The number of benzene rings is 2. The summed E-state index contributed by atoms with van der Waals surface area (Å²) in [6.45, 7) is 9.09. The first-order chi connectivity index (χ1) is 18.4. The summed E-state index contributed by atoms with van der Waals surface area (Å²) in [6.07, 6.45) is 4.53. The fourth-order valence-electron chi connectivity index (χ4n) is 5.14. The van der Waals surface area contributed by atoms with Gasteiger partial charge in [0.05, 0.1) is 24.2 Å². The number of nitro benzene ring substituents is 1. The Labute approximate surface area is 225 Å². The molecule has 4 rings (SSSR count). The Hall–Kier alpha value is -3.17. The van der Waals surface area contributed by atoms with Crippen molar-refractivity contribution in [2.75, 3.05) is 44.6 Å². The van der Waals surface area contributed by atoms with Crippen molar-refractivity contribution >= 4 is 17.3 Å². The molecule has 38 heavy (non-hydrogen) atoms. The topological polar surface area (TPSA) is 97.2 Å². The van der Waals surface area contributed by atoms with Crippen LogP contribution >= 0.6 is 0 Å². The van der Waals surface area contributed by atoms with Crippen molar-refractivity contribution in [1.82, 2.24) is 9.80 Å². The Bertz CT molecular complexity index is 1060. The number of carbonyl (C=O) groups is 1. The van der Waals surface area contributed by atoms with Gasteiger partial charge in [-0.15, -0.1) is 0 Å². The molecule has 0 radical (unpaired) electrons. The smallest absolute Gasteiger partial charge is 0.311 e. The highest BCUT2D eigenvalue weighted by Crippen LogP contribution is 2.31. The van der Waals surface area contributed by atoms with Gasteiger partial charge in [-0.3, -0.25) is 14.9 Å². The van der Waals surface area contributed by atoms with Gasteiger partial charge in [0, 0.05) is 63.0 Å². The van der Waals surface area contributed by atoms with Gasteiger partial charge in [0.2, 0.25) is 5.91 Å². The fourth-order valence-corrected chi connectivity index (χ4v) is 5.14. The highest BCUT2D eigenvalue weighted by molar-refractivity contribution is 5.76. The van der Waals surface area contributed by atoms with Crippen molar-refractivity contribution < 1.29 is 19.2 Å². The van der Waals surface area contributed by atoms with Crippen LogP contribution < -0.4 is 10.1 Å². The van der Waals surface area contributed by atoms with Gasteiger partial charge in [-0.2, -0.15) is 0 Å². The molecular weight excluding hydrogens is 484 g/mol. The van der Waals surface area contributed by atoms with Gasteiger partial charge >= 0.3 is 5.69 Å². The number of nitrogens with one attached hydrogen (secondary N) is 1. The van der Waals surface area contributed by atoms with Crippen LogP contribution in [0.5, 0.6) is 5.75 Å². The summed E-state index contributed by atoms with van der Waals surface area (Å²) in [5, 5.41) is 14.7. The number of hydrogen-bond acceptors (Lipinski definition) is 7. The van der Waals surface area contributed by atoms with Crippen LogP contribution in [0.15, 0.2) is 42.5 Å². The first kappa shape index (κ1) is 27.9. The van der Waals surface area contributed by atoms with Crippen molar-refractivity contribution in [1.29, 1.82) is 0 Å². The number of nitro groups is 1. The minimum atomic E-state index is -0.429. The Balaban J connectivity index is 1.13. The zero-order valence-electron chi connectivity index (χ0n) is 22.6. The molecule has 2 heterocycles. The zero-order chi connectivity index (χ0) is 26.9. The fraction of sp³-hybridized carbons (Fsp3) is 0.552. The maximum atomic E-state index is 12.8. The summed E-state index contributed by atoms with van der Waals surface area (Å²) in [5.41, 5.74) is 3.24. The lowest BCUT2D eigenvalue weighted by atomic mass is 10.0. The van der Waals surface area contributed by atoms with Crippen molar-refractivity contribution in [2.45, 2.75) is 64.7 Å². The molecule has 2 aromatic carbocycles. The number of aryl methyl sites for hydroxylation is 1. The lowest BCUT2D eigenvalue weighted by molar-refractivity contribution is -0.385. The van der Waals surface area contributed by atoms with Crippen LogP contribution in [-0.4, -0.2) is 72.1 Å². The third kappa shape index (κ3) is 7.91. The Morgan fingerprint density at radius 1 is 1.05 bits per heavy atom. The van der Waals surface area contributed by atoms with E-state index in [2.05, 4.69) is 41.4 Å². The highest BCUT2D eigenvalue weighted by Gasteiger charge is 2.25. The van der Waals surface area contributed by atoms with Crippen LogP contribution in [0.2, 0.25) is 0 Å². The Kier molecular flexibility index (Phi) is 9.95. The predicted octanol–water partition coefficient (Wildman–Crippen LogP) is 4.78. The summed E-state index contributed by atoms with van der Waals surface area (Å²) in [7, 11) is 0. The van der Waals surface area contributed by atoms with Crippen LogP contribution in [0.4, 0.5) is 11.4 Å². The third-order valence-electron chi connectivity index (χ3n) is 7.46. The van der Waals surface area contributed by atoms with Crippen LogP contribution in [0, 0.1) is 17.0 Å². The number of rotatable bonds is 11. The summed E-state index contributed by atoms with van der Waals surface area (Å²) in [4.78, 5) is 28.0. The van der Waals surface area contributed by atoms with Crippen molar-refractivity contribution in [3.8, 4) is 5.75 Å². The molecule has 0 atom stereocenters. The minimum absolute atomic E-state index is 0.0307. The number of amides is 1. The molecule has 2 aliphatic rings. The second-order valence-corrected chi connectivity index (χ2v) is 10.3. The zero-order valence-corrected chi connectivity index (χ0v) is 22.6. The summed E-state index contributed by atoms with van der Waals surface area (Å²) >= 11 is 0. The van der Waals surface area contributed by atoms with E-state index in [0.29, 0.717) is 19.6 Å². The standard InChI is InChI=1S/C29H40N4O5/c1-3-37-28-20-25(8-9-27(28)33(35)36)30-24-10-18-32(19-11-24)29(34)14-17-31-15-12-26(13-16-31)38-21-23-6-4-22(2)5-7-23/h4-9,20,24,26,30H,3,10-19,21H2,1-2H3. The molecule has 1 amide bonds. The molecule has 0 unspecified atom stereocenters. The van der Waals surface area contributed by atoms with E-state index in [9.17, 15) is 14.9 Å². The number of nitrogens with zero attached hydrogens (tertiary/aromatic N) is 3. The van der Waals surface area contributed by atoms with Gasteiger partial charge in [0.25, 0.3) is 0 Å². The maximum absolute atomic E-state index is 12.8. The monoisotopic (exact) mass is 524 g/mol. The maximum Gasteiger partial charge on any atom is 0.311 e. The van der Waals surface area contributed by atoms with Gasteiger partial charge in [-0.25, -0.2) is 0 Å². The quantitative estimate of drug-likeness (QED) is 0.334. The van der Waals surface area contributed by atoms with E-state index in [1.54, 1.807) is 19.1 Å². The minimum Gasteiger partial charge on any atom is -0.487 e. The number of likely N-dealkylation sites (tertiary alicyclic amines) is 2. The number of hydrogen-bond donors (Lipinski definition) is 1. The number of piperidine rings is 2. The molecule has 2 aromatic rings.